The summed E-state index contributed by atoms with van der Waals surface area (Å²) in [5, 5.41) is 24.4. The fourth-order valence-electron chi connectivity index (χ4n) is 1.60. The molecule has 0 fully saturated rings. The van der Waals surface area contributed by atoms with Gasteiger partial charge in [-0.3, -0.25) is 9.48 Å². The smallest absolute Gasteiger partial charge is 0.340 e. The molecule has 1 aromatic heterocycles. The zero-order valence-electron chi connectivity index (χ0n) is 7.97. The third-order valence-corrected chi connectivity index (χ3v) is 3.04. The van der Waals surface area contributed by atoms with E-state index in [2.05, 4.69) is 10.4 Å². The van der Waals surface area contributed by atoms with Crippen molar-refractivity contribution in [3.63, 3.8) is 0 Å². The van der Waals surface area contributed by atoms with Gasteiger partial charge in [-0.1, -0.05) is 0 Å². The first-order valence-corrected chi connectivity index (χ1v) is 5.53. The van der Waals surface area contributed by atoms with Crippen LogP contribution in [0.2, 0.25) is 0 Å². The number of carboxylic acid groups (broad SMARTS) is 1. The van der Waals surface area contributed by atoms with Gasteiger partial charge in [-0.15, -0.1) is 0 Å². The predicted octanol–water partition coefficient (Wildman–Crippen LogP) is -0.710. The molecule has 0 radical (unpaired) electrons. The molecule has 0 bridgehead atoms. The number of fused-ring (bicyclic) bond motifs is 1. The van der Waals surface area contributed by atoms with Gasteiger partial charge in [-0.2, -0.15) is 5.10 Å². The average Bonchev–Trinajstić information content (AvgIpc) is 2.54. The molecule has 0 spiro atoms. The fraction of sp³-hybridized carbons (Fsp3) is 0.375. The Morgan fingerprint density at radius 2 is 2.38 bits per heavy atom. The highest BCUT2D eigenvalue weighted by Crippen LogP contribution is 2.19. The Labute approximate surface area is 104 Å². The summed E-state index contributed by atoms with van der Waals surface area (Å²) in [5.41, 5.74) is -0.0453. The molecule has 1 aliphatic rings. The van der Waals surface area contributed by atoms with Crippen molar-refractivity contribution in [2.45, 2.75) is 12.6 Å². The summed E-state index contributed by atoms with van der Waals surface area (Å²) < 4.78 is 1.60. The molecule has 0 aliphatic carbocycles. The predicted molar refractivity (Wildman–Crippen MR) is 60.2 cm³/mol. The maximum absolute atomic E-state index is 11.6. The number of carbonyl (C=O) groups excluding carboxylic acids is 1. The lowest BCUT2D eigenvalue weighted by atomic mass is 10.1. The third kappa shape index (κ3) is 1.67. The molecule has 1 atom stereocenters. The van der Waals surface area contributed by atoms with Gasteiger partial charge in [0.25, 0.3) is 5.91 Å². The number of aromatic nitrogens is 2. The van der Waals surface area contributed by atoms with Crippen LogP contribution in [0, 0.1) is 3.70 Å². The molecule has 16 heavy (non-hydrogen) atoms. The van der Waals surface area contributed by atoms with Crippen LogP contribution in [0.5, 0.6) is 0 Å². The number of aliphatic hydroxyl groups excluding tert-OH is 1. The van der Waals surface area contributed by atoms with E-state index >= 15 is 0 Å². The monoisotopic (exact) mass is 337 g/mol. The first kappa shape index (κ1) is 11.3. The Hall–Kier alpha value is -1.16. The van der Waals surface area contributed by atoms with Gasteiger partial charge in [0, 0.05) is 0 Å². The SMILES string of the molecule is O=C(O)c1c(I)nn2c1C(=O)NC(CO)C2. The fourth-order valence-corrected chi connectivity index (χ4v) is 2.34. The second kappa shape index (κ2) is 4.01. The van der Waals surface area contributed by atoms with E-state index in [1.54, 1.807) is 22.6 Å². The van der Waals surface area contributed by atoms with Gasteiger partial charge in [0.15, 0.2) is 0 Å². The molecule has 1 amide bonds. The number of amides is 1. The average molecular weight is 337 g/mol. The first-order chi connectivity index (χ1) is 7.54. The van der Waals surface area contributed by atoms with E-state index in [9.17, 15) is 9.59 Å². The van der Waals surface area contributed by atoms with Crippen LogP contribution in [0.3, 0.4) is 0 Å². The normalized spacial score (nSPS) is 19.1. The topological polar surface area (TPSA) is 104 Å². The lowest BCUT2D eigenvalue weighted by Gasteiger charge is -2.22. The number of nitrogens with one attached hydrogen (secondary N) is 1. The number of aromatic carboxylic acids is 1. The summed E-state index contributed by atoms with van der Waals surface area (Å²) in [4.78, 5) is 22.6. The Balaban J connectivity index is 2.52. The van der Waals surface area contributed by atoms with Crippen molar-refractivity contribution < 1.29 is 19.8 Å². The van der Waals surface area contributed by atoms with Gasteiger partial charge >= 0.3 is 5.97 Å². The third-order valence-electron chi connectivity index (χ3n) is 2.29. The number of hydrogen-bond donors (Lipinski definition) is 3. The van der Waals surface area contributed by atoms with Crippen molar-refractivity contribution in [3.8, 4) is 0 Å². The number of carboxylic acids is 1. The van der Waals surface area contributed by atoms with E-state index < -0.39 is 17.9 Å². The van der Waals surface area contributed by atoms with Crippen LogP contribution in [-0.2, 0) is 6.54 Å². The number of halogens is 1. The van der Waals surface area contributed by atoms with Crippen molar-refractivity contribution in [2.75, 3.05) is 6.61 Å². The number of nitrogens with zero attached hydrogens (tertiary/aromatic N) is 2. The van der Waals surface area contributed by atoms with E-state index in [0.717, 1.165) is 0 Å². The van der Waals surface area contributed by atoms with Crippen molar-refractivity contribution in [1.29, 1.82) is 0 Å². The van der Waals surface area contributed by atoms with Crippen LogP contribution in [0.15, 0.2) is 0 Å². The van der Waals surface area contributed by atoms with Gasteiger partial charge in [-0.25, -0.2) is 4.79 Å². The van der Waals surface area contributed by atoms with E-state index in [-0.39, 0.29) is 28.1 Å². The van der Waals surface area contributed by atoms with E-state index in [1.807, 2.05) is 0 Å². The highest BCUT2D eigenvalue weighted by molar-refractivity contribution is 14.1. The summed E-state index contributed by atoms with van der Waals surface area (Å²) in [7, 11) is 0. The lowest BCUT2D eigenvalue weighted by molar-refractivity contribution is 0.0685. The van der Waals surface area contributed by atoms with Crippen molar-refractivity contribution >= 4 is 34.5 Å². The number of carbonyl (C=O) groups is 2. The van der Waals surface area contributed by atoms with Crippen LogP contribution >= 0.6 is 22.6 Å². The number of aliphatic hydroxyl groups is 1. The maximum atomic E-state index is 11.6. The molecule has 0 saturated heterocycles. The van der Waals surface area contributed by atoms with Crippen LogP contribution in [0.1, 0.15) is 20.8 Å². The Bertz CT molecular complexity index is 470. The molecule has 8 heteroatoms. The molecular formula is C8H8IN3O4. The maximum Gasteiger partial charge on any atom is 0.340 e. The molecule has 7 nitrogen and oxygen atoms in total. The van der Waals surface area contributed by atoms with Gasteiger partial charge < -0.3 is 15.5 Å². The second-order valence-corrected chi connectivity index (χ2v) is 4.38. The van der Waals surface area contributed by atoms with Gasteiger partial charge in [0.1, 0.15) is 15.0 Å². The number of rotatable bonds is 2. The second-order valence-electron chi connectivity index (χ2n) is 3.35. The molecule has 1 unspecified atom stereocenters. The van der Waals surface area contributed by atoms with Crippen LogP contribution < -0.4 is 5.32 Å². The highest BCUT2D eigenvalue weighted by atomic mass is 127. The summed E-state index contributed by atoms with van der Waals surface area (Å²) in [6.07, 6.45) is 0. The molecule has 0 saturated carbocycles. The molecule has 2 rings (SSSR count). The minimum Gasteiger partial charge on any atom is -0.478 e. The Morgan fingerprint density at radius 3 is 2.94 bits per heavy atom. The minimum atomic E-state index is -1.18. The molecule has 86 valence electrons. The lowest BCUT2D eigenvalue weighted by Crippen LogP contribution is -2.46. The van der Waals surface area contributed by atoms with Crippen LogP contribution in [0.4, 0.5) is 0 Å². The van der Waals surface area contributed by atoms with Gasteiger partial charge in [-0.05, 0) is 22.6 Å². The zero-order valence-corrected chi connectivity index (χ0v) is 10.1. The number of hydrogen-bond acceptors (Lipinski definition) is 4. The molecule has 2 heterocycles. The quantitative estimate of drug-likeness (QED) is 0.619. The Kier molecular flexibility index (Phi) is 2.84. The molecule has 0 aromatic carbocycles. The molecule has 1 aliphatic heterocycles. The van der Waals surface area contributed by atoms with E-state index in [0.29, 0.717) is 0 Å². The zero-order chi connectivity index (χ0) is 11.9. The largest absolute Gasteiger partial charge is 0.478 e. The minimum absolute atomic E-state index is 0.0431. The summed E-state index contributed by atoms with van der Waals surface area (Å²) in [6, 6.07) is -0.419. The van der Waals surface area contributed by atoms with Crippen molar-refractivity contribution in [1.82, 2.24) is 15.1 Å². The standard InChI is InChI=1S/C8H8IN3O4/c9-6-4(8(15)16)5-7(14)10-3(2-13)1-12(5)11-6/h3,13H,1-2H2,(H,10,14)(H,15,16). The Morgan fingerprint density at radius 1 is 1.69 bits per heavy atom. The summed E-state index contributed by atoms with van der Waals surface area (Å²) in [5.74, 6) is -1.69. The summed E-state index contributed by atoms with van der Waals surface area (Å²) >= 11 is 1.77. The molecular weight excluding hydrogens is 329 g/mol. The molecule has 3 N–H and O–H groups in total. The van der Waals surface area contributed by atoms with E-state index in [4.69, 9.17) is 10.2 Å². The van der Waals surface area contributed by atoms with E-state index in [1.165, 1.54) is 4.68 Å². The van der Waals surface area contributed by atoms with Crippen LogP contribution in [0.25, 0.3) is 0 Å². The highest BCUT2D eigenvalue weighted by Gasteiger charge is 2.32. The van der Waals surface area contributed by atoms with Gasteiger partial charge in [0.2, 0.25) is 0 Å². The van der Waals surface area contributed by atoms with Crippen LogP contribution in [-0.4, -0.2) is 44.5 Å². The first-order valence-electron chi connectivity index (χ1n) is 4.46. The van der Waals surface area contributed by atoms with Crippen molar-refractivity contribution in [2.24, 2.45) is 0 Å². The van der Waals surface area contributed by atoms with Crippen molar-refractivity contribution in [3.05, 3.63) is 15.0 Å². The molecule has 1 aromatic rings. The summed E-state index contributed by atoms with van der Waals surface area (Å²) in [6.45, 7) is 0.0743. The van der Waals surface area contributed by atoms with Gasteiger partial charge in [0.05, 0.1) is 19.2 Å².